The number of benzene rings is 2. The summed E-state index contributed by atoms with van der Waals surface area (Å²) in [4.78, 5) is 11.9. The molecular formula is C19H21NO6S. The van der Waals surface area contributed by atoms with Crippen molar-refractivity contribution in [2.45, 2.75) is 18.7 Å². The molecule has 144 valence electrons. The molecule has 0 amide bonds. The van der Waals surface area contributed by atoms with Gasteiger partial charge in [-0.15, -0.1) is 0 Å². The second-order valence-electron chi connectivity index (χ2n) is 6.16. The van der Waals surface area contributed by atoms with Gasteiger partial charge in [0.15, 0.2) is 11.5 Å². The second kappa shape index (κ2) is 7.48. The van der Waals surface area contributed by atoms with Crippen LogP contribution < -0.4 is 13.8 Å². The van der Waals surface area contributed by atoms with Crippen LogP contribution in [0.25, 0.3) is 0 Å². The number of esters is 1. The quantitative estimate of drug-likeness (QED) is 0.728. The minimum absolute atomic E-state index is 0.00822. The van der Waals surface area contributed by atoms with Gasteiger partial charge in [0.1, 0.15) is 19.8 Å². The van der Waals surface area contributed by atoms with Crippen LogP contribution in [0.5, 0.6) is 11.5 Å². The van der Waals surface area contributed by atoms with E-state index in [4.69, 9.17) is 9.47 Å². The summed E-state index contributed by atoms with van der Waals surface area (Å²) in [6.07, 6.45) is 0. The Balaban J connectivity index is 2.06. The van der Waals surface area contributed by atoms with Crippen LogP contribution in [0.15, 0.2) is 41.3 Å². The lowest BCUT2D eigenvalue weighted by atomic mass is 10.1. The molecule has 2 aromatic rings. The van der Waals surface area contributed by atoms with E-state index < -0.39 is 22.5 Å². The number of anilines is 1. The second-order valence-corrected chi connectivity index (χ2v) is 8.02. The van der Waals surface area contributed by atoms with Crippen molar-refractivity contribution in [2.75, 3.05) is 31.2 Å². The van der Waals surface area contributed by atoms with Gasteiger partial charge in [0.25, 0.3) is 10.0 Å². The van der Waals surface area contributed by atoms with E-state index in [1.54, 1.807) is 18.2 Å². The van der Waals surface area contributed by atoms with Crippen LogP contribution in [-0.4, -0.2) is 41.3 Å². The van der Waals surface area contributed by atoms with E-state index in [-0.39, 0.29) is 4.90 Å². The molecule has 1 aliphatic heterocycles. The molecule has 2 aromatic carbocycles. The molecule has 0 fully saturated rings. The predicted molar refractivity (Wildman–Crippen MR) is 99.9 cm³/mol. The van der Waals surface area contributed by atoms with Gasteiger partial charge in [0, 0.05) is 6.07 Å². The molecule has 27 heavy (non-hydrogen) atoms. The first-order chi connectivity index (χ1) is 12.8. The molecule has 0 N–H and O–H groups in total. The van der Waals surface area contributed by atoms with Gasteiger partial charge >= 0.3 is 5.97 Å². The maximum absolute atomic E-state index is 13.3. The Morgan fingerprint density at radius 1 is 1.04 bits per heavy atom. The Kier molecular flexibility index (Phi) is 5.27. The number of ether oxygens (including phenoxy) is 3. The predicted octanol–water partition coefficient (Wildman–Crippen LogP) is 2.44. The highest BCUT2D eigenvalue weighted by Crippen LogP contribution is 2.34. The van der Waals surface area contributed by atoms with Gasteiger partial charge in [-0.1, -0.05) is 6.07 Å². The molecule has 3 rings (SSSR count). The van der Waals surface area contributed by atoms with Crippen molar-refractivity contribution >= 4 is 21.7 Å². The summed E-state index contributed by atoms with van der Waals surface area (Å²) >= 11 is 0. The number of hydrogen-bond donors (Lipinski definition) is 0. The van der Waals surface area contributed by atoms with Gasteiger partial charge in [0.05, 0.1) is 17.7 Å². The first kappa shape index (κ1) is 19.0. The molecule has 0 aliphatic carbocycles. The van der Waals surface area contributed by atoms with E-state index in [0.29, 0.717) is 30.4 Å². The van der Waals surface area contributed by atoms with Crippen LogP contribution in [0.3, 0.4) is 0 Å². The summed E-state index contributed by atoms with van der Waals surface area (Å²) in [6, 6.07) is 9.62. The number of methoxy groups -OCH3 is 1. The molecule has 0 spiro atoms. The number of fused-ring (bicyclic) bond motifs is 1. The summed E-state index contributed by atoms with van der Waals surface area (Å²) in [6.45, 7) is 4.14. The number of carbonyl (C=O) groups excluding carboxylic acids is 1. The standard InChI is InChI=1S/C19H21NO6S/c1-13-4-5-15(10-14(13)2)20(12-19(21)24-3)27(22,23)16-6-7-17-18(11-16)26-9-8-25-17/h4-7,10-11H,8-9,12H2,1-3H3. The number of sulfonamides is 1. The molecule has 0 unspecified atom stereocenters. The average Bonchev–Trinajstić information content (AvgIpc) is 2.67. The van der Waals surface area contributed by atoms with Crippen molar-refractivity contribution in [3.8, 4) is 11.5 Å². The third-order valence-electron chi connectivity index (χ3n) is 4.38. The Morgan fingerprint density at radius 2 is 1.74 bits per heavy atom. The zero-order valence-corrected chi connectivity index (χ0v) is 16.2. The average molecular weight is 391 g/mol. The van der Waals surface area contributed by atoms with Crippen molar-refractivity contribution < 1.29 is 27.4 Å². The maximum atomic E-state index is 13.3. The summed E-state index contributed by atoms with van der Waals surface area (Å²) < 4.78 is 43.2. The number of nitrogens with zero attached hydrogens (tertiary/aromatic N) is 1. The van der Waals surface area contributed by atoms with Gasteiger partial charge in [-0.05, 0) is 49.2 Å². The highest BCUT2D eigenvalue weighted by molar-refractivity contribution is 7.92. The monoisotopic (exact) mass is 391 g/mol. The van der Waals surface area contributed by atoms with Gasteiger partial charge < -0.3 is 14.2 Å². The molecule has 1 heterocycles. The number of aryl methyl sites for hydroxylation is 2. The van der Waals surface area contributed by atoms with E-state index in [1.807, 2.05) is 19.9 Å². The van der Waals surface area contributed by atoms with Crippen LogP contribution >= 0.6 is 0 Å². The van der Waals surface area contributed by atoms with E-state index in [9.17, 15) is 13.2 Å². The smallest absolute Gasteiger partial charge is 0.326 e. The fourth-order valence-corrected chi connectivity index (χ4v) is 4.11. The Hall–Kier alpha value is -2.74. The zero-order valence-electron chi connectivity index (χ0n) is 15.4. The third kappa shape index (κ3) is 3.85. The first-order valence-electron chi connectivity index (χ1n) is 8.39. The topological polar surface area (TPSA) is 82.1 Å². The lowest BCUT2D eigenvalue weighted by Gasteiger charge is -2.25. The van der Waals surface area contributed by atoms with Crippen molar-refractivity contribution in [2.24, 2.45) is 0 Å². The van der Waals surface area contributed by atoms with Gasteiger partial charge in [-0.25, -0.2) is 8.42 Å². The third-order valence-corrected chi connectivity index (χ3v) is 6.15. The molecule has 0 saturated heterocycles. The fraction of sp³-hybridized carbons (Fsp3) is 0.316. The summed E-state index contributed by atoms with van der Waals surface area (Å²) in [5.41, 5.74) is 2.33. The van der Waals surface area contributed by atoms with Crippen molar-refractivity contribution in [1.29, 1.82) is 0 Å². The molecule has 7 nitrogen and oxygen atoms in total. The van der Waals surface area contributed by atoms with Crippen LogP contribution in [0.4, 0.5) is 5.69 Å². The molecule has 0 aromatic heterocycles. The molecular weight excluding hydrogens is 370 g/mol. The van der Waals surface area contributed by atoms with Crippen LogP contribution in [-0.2, 0) is 19.6 Å². The first-order valence-corrected chi connectivity index (χ1v) is 9.83. The molecule has 0 atom stereocenters. The summed E-state index contributed by atoms with van der Waals surface area (Å²) in [7, 11) is -2.81. The molecule has 0 bridgehead atoms. The number of carbonyl (C=O) groups is 1. The van der Waals surface area contributed by atoms with E-state index in [0.717, 1.165) is 15.4 Å². The largest absolute Gasteiger partial charge is 0.486 e. The van der Waals surface area contributed by atoms with Gasteiger partial charge in [-0.3, -0.25) is 9.10 Å². The lowest BCUT2D eigenvalue weighted by Crippen LogP contribution is -2.36. The zero-order chi connectivity index (χ0) is 19.6. The van der Waals surface area contributed by atoms with Gasteiger partial charge in [0.2, 0.25) is 0 Å². The maximum Gasteiger partial charge on any atom is 0.326 e. The van der Waals surface area contributed by atoms with Crippen molar-refractivity contribution in [1.82, 2.24) is 0 Å². The van der Waals surface area contributed by atoms with E-state index in [1.165, 1.54) is 19.2 Å². The highest BCUT2D eigenvalue weighted by atomic mass is 32.2. The van der Waals surface area contributed by atoms with Crippen LogP contribution in [0.2, 0.25) is 0 Å². The summed E-state index contributed by atoms with van der Waals surface area (Å²) in [5, 5.41) is 0. The fourth-order valence-electron chi connectivity index (χ4n) is 2.69. The van der Waals surface area contributed by atoms with Crippen LogP contribution in [0.1, 0.15) is 11.1 Å². The molecule has 0 radical (unpaired) electrons. The number of hydrogen-bond acceptors (Lipinski definition) is 6. The minimum atomic E-state index is -4.03. The molecule has 8 heteroatoms. The molecule has 1 aliphatic rings. The number of rotatable bonds is 5. The van der Waals surface area contributed by atoms with E-state index in [2.05, 4.69) is 4.74 Å². The van der Waals surface area contributed by atoms with Crippen LogP contribution in [0, 0.1) is 13.8 Å². The SMILES string of the molecule is COC(=O)CN(c1ccc(C)c(C)c1)S(=O)(=O)c1ccc2c(c1)OCCO2. The van der Waals surface area contributed by atoms with Gasteiger partial charge in [-0.2, -0.15) is 0 Å². The van der Waals surface area contributed by atoms with E-state index >= 15 is 0 Å². The minimum Gasteiger partial charge on any atom is -0.486 e. The highest BCUT2D eigenvalue weighted by Gasteiger charge is 2.29. The molecule has 0 saturated carbocycles. The van der Waals surface area contributed by atoms with Crippen molar-refractivity contribution in [3.63, 3.8) is 0 Å². The Morgan fingerprint density at radius 3 is 2.41 bits per heavy atom. The normalized spacial score (nSPS) is 13.1. The Bertz CT molecular complexity index is 970. The Labute approximate surface area is 158 Å². The van der Waals surface area contributed by atoms with Crippen molar-refractivity contribution in [3.05, 3.63) is 47.5 Å². The summed E-state index contributed by atoms with van der Waals surface area (Å²) in [5.74, 6) is 0.195. The lowest BCUT2D eigenvalue weighted by molar-refractivity contribution is -0.138.